The first-order valence-electron chi connectivity index (χ1n) is 13.5. The van der Waals surface area contributed by atoms with Gasteiger partial charge < -0.3 is 29.7 Å². The van der Waals surface area contributed by atoms with Gasteiger partial charge >= 0.3 is 0 Å². The zero-order chi connectivity index (χ0) is 28.3. The average Bonchev–Trinajstić information content (AvgIpc) is 3.66. The van der Waals surface area contributed by atoms with E-state index in [4.69, 9.17) is 19.2 Å². The van der Waals surface area contributed by atoms with E-state index in [1.165, 1.54) is 28.5 Å². The number of thiophene rings is 1. The van der Waals surface area contributed by atoms with Gasteiger partial charge in [0.1, 0.15) is 24.2 Å². The molecule has 9 nitrogen and oxygen atoms in total. The van der Waals surface area contributed by atoms with Gasteiger partial charge in [0.2, 0.25) is 5.91 Å². The summed E-state index contributed by atoms with van der Waals surface area (Å²) < 4.78 is 16.9. The molecule has 0 bridgehead atoms. The second-order valence-electron chi connectivity index (χ2n) is 10.9. The van der Waals surface area contributed by atoms with Crippen LogP contribution < -0.4 is 10.6 Å². The highest BCUT2D eigenvalue weighted by Crippen LogP contribution is 2.37. The Hall–Kier alpha value is -3.47. The monoisotopic (exact) mass is 563 g/mol. The van der Waals surface area contributed by atoms with E-state index in [2.05, 4.69) is 77.9 Å². The summed E-state index contributed by atoms with van der Waals surface area (Å²) in [6.07, 6.45) is 3.11. The summed E-state index contributed by atoms with van der Waals surface area (Å²) in [6.45, 7) is 7.94. The van der Waals surface area contributed by atoms with E-state index < -0.39 is 6.29 Å². The van der Waals surface area contributed by atoms with Gasteiger partial charge in [-0.2, -0.15) is 0 Å². The molecule has 2 unspecified atom stereocenters. The van der Waals surface area contributed by atoms with Crippen LogP contribution in [0.3, 0.4) is 0 Å². The van der Waals surface area contributed by atoms with Crippen molar-refractivity contribution in [3.8, 4) is 10.4 Å². The minimum absolute atomic E-state index is 0.0570. The molecule has 4 heterocycles. The molecule has 40 heavy (non-hydrogen) atoms. The summed E-state index contributed by atoms with van der Waals surface area (Å²) in [5, 5.41) is 6.68. The molecule has 2 aliphatic heterocycles. The number of benzene rings is 1. The first-order valence-corrected chi connectivity index (χ1v) is 14.3. The molecular formula is C30H37N5O4S. The molecule has 212 valence electrons. The highest BCUT2D eigenvalue weighted by molar-refractivity contribution is 7.15. The second kappa shape index (κ2) is 12.0. The molecule has 2 atom stereocenters. The molecule has 1 fully saturated rings. The van der Waals surface area contributed by atoms with Crippen LogP contribution in [0.2, 0.25) is 0 Å². The molecule has 2 aliphatic rings. The number of aryl methyl sites for hydroxylation is 1. The molecular weight excluding hydrogens is 526 g/mol. The molecule has 0 saturated carbocycles. The fourth-order valence-electron chi connectivity index (χ4n) is 5.05. The van der Waals surface area contributed by atoms with Gasteiger partial charge in [0.05, 0.1) is 35.9 Å². The Morgan fingerprint density at radius 3 is 2.67 bits per heavy atom. The van der Waals surface area contributed by atoms with Gasteiger partial charge in [-0.25, -0.2) is 9.97 Å². The van der Waals surface area contributed by atoms with Crippen molar-refractivity contribution in [2.45, 2.75) is 58.0 Å². The summed E-state index contributed by atoms with van der Waals surface area (Å²) in [7, 11) is 4.16. The van der Waals surface area contributed by atoms with Gasteiger partial charge in [-0.15, -0.1) is 11.3 Å². The third-order valence-corrected chi connectivity index (χ3v) is 8.30. The van der Waals surface area contributed by atoms with E-state index in [1.807, 2.05) is 13.8 Å². The van der Waals surface area contributed by atoms with Gasteiger partial charge in [-0.3, -0.25) is 4.79 Å². The lowest BCUT2D eigenvalue weighted by atomic mass is 10.0. The third kappa shape index (κ3) is 6.46. The number of amides is 1. The van der Waals surface area contributed by atoms with Gasteiger partial charge in [0.25, 0.3) is 6.29 Å². The van der Waals surface area contributed by atoms with Crippen LogP contribution in [-0.2, 0) is 32.0 Å². The molecule has 1 saturated heterocycles. The van der Waals surface area contributed by atoms with E-state index in [0.717, 1.165) is 17.8 Å². The van der Waals surface area contributed by atoms with E-state index in [0.29, 0.717) is 36.1 Å². The highest BCUT2D eigenvalue weighted by atomic mass is 32.1. The zero-order valence-corrected chi connectivity index (χ0v) is 24.5. The number of hydrogen-bond donors (Lipinski definition) is 2. The van der Waals surface area contributed by atoms with Crippen molar-refractivity contribution >= 4 is 23.1 Å². The Balaban J connectivity index is 1.40. The normalized spacial score (nSPS) is 19.4. The minimum atomic E-state index is -0.736. The van der Waals surface area contributed by atoms with Crippen molar-refractivity contribution in [1.29, 1.82) is 0 Å². The number of ether oxygens (including phenoxy) is 3. The van der Waals surface area contributed by atoms with E-state index >= 15 is 0 Å². The van der Waals surface area contributed by atoms with Crippen LogP contribution in [-0.4, -0.2) is 53.6 Å². The minimum Gasteiger partial charge on any atom is -0.455 e. The van der Waals surface area contributed by atoms with E-state index in [9.17, 15) is 4.79 Å². The summed E-state index contributed by atoms with van der Waals surface area (Å²) in [4.78, 5) is 27.0. The van der Waals surface area contributed by atoms with Crippen LogP contribution >= 0.6 is 11.3 Å². The first-order chi connectivity index (χ1) is 19.2. The van der Waals surface area contributed by atoms with Crippen LogP contribution in [0.15, 0.2) is 48.9 Å². The Morgan fingerprint density at radius 2 is 1.95 bits per heavy atom. The van der Waals surface area contributed by atoms with Crippen molar-refractivity contribution < 1.29 is 19.0 Å². The number of carbonyl (C=O) groups excluding carboxylic acids is 1. The number of nitrogens with zero attached hydrogens (tertiary/aromatic N) is 3. The third-order valence-electron chi connectivity index (χ3n) is 7.00. The number of hydrogen-bond acceptors (Lipinski definition) is 9. The van der Waals surface area contributed by atoms with Gasteiger partial charge in [0, 0.05) is 22.9 Å². The number of nitrogens with one attached hydrogen (secondary N) is 2. The predicted octanol–water partition coefficient (Wildman–Crippen LogP) is 5.10. The molecule has 5 rings (SSSR count). The maximum Gasteiger partial charge on any atom is 0.271 e. The molecule has 3 aromatic rings. The molecule has 0 aliphatic carbocycles. The zero-order valence-electron chi connectivity index (χ0n) is 23.7. The summed E-state index contributed by atoms with van der Waals surface area (Å²) in [5.74, 6) is 1.03. The number of aromatic nitrogens is 2. The Morgan fingerprint density at radius 1 is 1.18 bits per heavy atom. The fourth-order valence-corrected chi connectivity index (χ4v) is 6.12. The summed E-state index contributed by atoms with van der Waals surface area (Å²) >= 11 is 1.75. The Bertz CT molecular complexity index is 1370. The largest absolute Gasteiger partial charge is 0.455 e. The average molecular weight is 564 g/mol. The van der Waals surface area contributed by atoms with E-state index in [-0.39, 0.29) is 23.9 Å². The van der Waals surface area contributed by atoms with Gasteiger partial charge in [-0.1, -0.05) is 24.3 Å². The maximum absolute atomic E-state index is 13.1. The number of rotatable bonds is 10. The Kier molecular flexibility index (Phi) is 8.39. The lowest BCUT2D eigenvalue weighted by molar-refractivity contribution is -0.122. The SMILES string of the molecule is Cc1nc(CC(=O)NC2(C)CCOC2)c(C2OC=CO2)c(NC(C)c2ccc(-c3ccccc3CN(C)C)s2)n1. The lowest BCUT2D eigenvalue weighted by Gasteiger charge is -2.25. The first kappa shape index (κ1) is 28.1. The topological polar surface area (TPSA) is 97.8 Å². The molecule has 0 spiro atoms. The smallest absolute Gasteiger partial charge is 0.271 e. The second-order valence-corrected chi connectivity index (χ2v) is 12.0. The van der Waals surface area contributed by atoms with Crippen LogP contribution in [0.25, 0.3) is 10.4 Å². The molecule has 2 aromatic heterocycles. The van der Waals surface area contributed by atoms with Crippen LogP contribution in [0, 0.1) is 6.92 Å². The standard InChI is InChI=1S/C30H37N5O4S/c1-19(24-10-11-25(40-24)22-9-7-6-8-21(22)17-35(4)5)31-28-27(29-38-14-15-39-29)23(32-20(2)33-28)16-26(36)34-30(3)12-13-37-18-30/h6-11,14-15,19,29H,12-13,16-18H2,1-5H3,(H,34,36)(H,31,32,33). The molecule has 1 amide bonds. The van der Waals surface area contributed by atoms with Crippen LogP contribution in [0.5, 0.6) is 0 Å². The van der Waals surface area contributed by atoms with Gasteiger partial charge in [-0.05, 0) is 64.5 Å². The quantitative estimate of drug-likeness (QED) is 0.352. The van der Waals surface area contributed by atoms with E-state index in [1.54, 1.807) is 11.3 Å². The van der Waals surface area contributed by atoms with Crippen molar-refractivity contribution in [3.05, 3.63) is 76.4 Å². The summed E-state index contributed by atoms with van der Waals surface area (Å²) in [5.41, 5.74) is 3.35. The molecule has 0 radical (unpaired) electrons. The number of carbonyl (C=O) groups is 1. The van der Waals surface area contributed by atoms with Crippen molar-refractivity contribution in [2.75, 3.05) is 32.6 Å². The van der Waals surface area contributed by atoms with Gasteiger partial charge in [0.15, 0.2) is 0 Å². The van der Waals surface area contributed by atoms with Crippen LogP contribution in [0.1, 0.15) is 60.1 Å². The molecule has 1 aromatic carbocycles. The highest BCUT2D eigenvalue weighted by Gasteiger charge is 2.33. The predicted molar refractivity (Wildman–Crippen MR) is 156 cm³/mol. The van der Waals surface area contributed by atoms with Crippen molar-refractivity contribution in [1.82, 2.24) is 20.2 Å². The van der Waals surface area contributed by atoms with Crippen molar-refractivity contribution in [3.63, 3.8) is 0 Å². The Labute approximate surface area is 239 Å². The maximum atomic E-state index is 13.1. The van der Waals surface area contributed by atoms with Crippen molar-refractivity contribution in [2.24, 2.45) is 0 Å². The summed E-state index contributed by atoms with van der Waals surface area (Å²) in [6, 6.07) is 12.8. The lowest BCUT2D eigenvalue weighted by Crippen LogP contribution is -2.47. The number of anilines is 1. The van der Waals surface area contributed by atoms with Crippen LogP contribution in [0.4, 0.5) is 5.82 Å². The molecule has 2 N–H and O–H groups in total. The fraction of sp³-hybridized carbons (Fsp3) is 0.433. The molecule has 10 heteroatoms.